The Labute approximate surface area is 95.1 Å². The molecule has 0 saturated carbocycles. The van der Waals surface area contributed by atoms with E-state index in [1.54, 1.807) is 0 Å². The van der Waals surface area contributed by atoms with Crippen LogP contribution in [-0.4, -0.2) is 18.6 Å². The predicted molar refractivity (Wildman–Crippen MR) is 61.9 cm³/mol. The molecular formula is C11H16ClFN2. The lowest BCUT2D eigenvalue weighted by Crippen LogP contribution is -2.21. The molecule has 0 aliphatic rings. The summed E-state index contributed by atoms with van der Waals surface area (Å²) in [6, 6.07) is 1.44. The Morgan fingerprint density at radius 2 is 2.27 bits per heavy atom. The van der Waals surface area contributed by atoms with Crippen LogP contribution in [-0.2, 0) is 5.88 Å². The SMILES string of the molecule is CCCCN(C)c1ncc(F)cc1CCl. The fraction of sp³-hybridized carbons (Fsp3) is 0.545. The van der Waals surface area contributed by atoms with E-state index < -0.39 is 0 Å². The first-order chi connectivity index (χ1) is 7.19. The number of pyridine rings is 1. The van der Waals surface area contributed by atoms with Gasteiger partial charge in [0.2, 0.25) is 0 Å². The summed E-state index contributed by atoms with van der Waals surface area (Å²) in [5, 5.41) is 0. The molecule has 0 aliphatic heterocycles. The maximum atomic E-state index is 12.9. The van der Waals surface area contributed by atoms with E-state index in [0.29, 0.717) is 0 Å². The van der Waals surface area contributed by atoms with Crippen molar-refractivity contribution in [1.29, 1.82) is 0 Å². The van der Waals surface area contributed by atoms with Crippen molar-refractivity contribution >= 4 is 17.4 Å². The van der Waals surface area contributed by atoms with Gasteiger partial charge in [-0.3, -0.25) is 0 Å². The monoisotopic (exact) mass is 230 g/mol. The Morgan fingerprint density at radius 1 is 1.53 bits per heavy atom. The van der Waals surface area contributed by atoms with Gasteiger partial charge in [0.25, 0.3) is 0 Å². The summed E-state index contributed by atoms with van der Waals surface area (Å²) in [7, 11) is 1.95. The number of anilines is 1. The fourth-order valence-corrected chi connectivity index (χ4v) is 1.61. The van der Waals surface area contributed by atoms with Gasteiger partial charge in [0, 0.05) is 19.2 Å². The number of aromatic nitrogens is 1. The van der Waals surface area contributed by atoms with Crippen LogP contribution in [0.4, 0.5) is 10.2 Å². The van der Waals surface area contributed by atoms with Crippen molar-refractivity contribution in [1.82, 2.24) is 4.98 Å². The van der Waals surface area contributed by atoms with Crippen LogP contribution in [0, 0.1) is 5.82 Å². The first-order valence-corrected chi connectivity index (χ1v) is 5.64. The standard InChI is InChI=1S/C11H16ClFN2/c1-3-4-5-15(2)11-9(7-12)6-10(13)8-14-11/h6,8H,3-5,7H2,1-2H3. The molecule has 0 spiro atoms. The van der Waals surface area contributed by atoms with E-state index in [4.69, 9.17) is 11.6 Å². The maximum absolute atomic E-state index is 12.9. The minimum Gasteiger partial charge on any atom is -0.359 e. The molecular weight excluding hydrogens is 215 g/mol. The number of hydrogen-bond donors (Lipinski definition) is 0. The van der Waals surface area contributed by atoms with Gasteiger partial charge in [0.15, 0.2) is 0 Å². The first kappa shape index (κ1) is 12.2. The van der Waals surface area contributed by atoms with Gasteiger partial charge < -0.3 is 4.90 Å². The second kappa shape index (κ2) is 5.91. The zero-order valence-corrected chi connectivity index (χ0v) is 9.89. The van der Waals surface area contributed by atoms with Crippen LogP contribution in [0.2, 0.25) is 0 Å². The van der Waals surface area contributed by atoms with Gasteiger partial charge in [0.05, 0.1) is 12.1 Å². The summed E-state index contributed by atoms with van der Waals surface area (Å²) in [4.78, 5) is 6.08. The summed E-state index contributed by atoms with van der Waals surface area (Å²) < 4.78 is 12.9. The van der Waals surface area contributed by atoms with E-state index in [1.165, 1.54) is 12.3 Å². The third-order valence-corrected chi connectivity index (χ3v) is 2.55. The van der Waals surface area contributed by atoms with Crippen molar-refractivity contribution in [2.45, 2.75) is 25.6 Å². The van der Waals surface area contributed by atoms with Gasteiger partial charge >= 0.3 is 0 Å². The molecule has 0 aromatic carbocycles. The van der Waals surface area contributed by atoms with Crippen molar-refractivity contribution in [3.8, 4) is 0 Å². The Kier molecular flexibility index (Phi) is 4.82. The Morgan fingerprint density at radius 3 is 2.87 bits per heavy atom. The molecule has 4 heteroatoms. The molecule has 15 heavy (non-hydrogen) atoms. The third kappa shape index (κ3) is 3.34. The highest BCUT2D eigenvalue weighted by atomic mass is 35.5. The molecule has 0 amide bonds. The van der Waals surface area contributed by atoms with Crippen LogP contribution in [0.5, 0.6) is 0 Å². The van der Waals surface area contributed by atoms with Gasteiger partial charge in [-0.2, -0.15) is 0 Å². The average molecular weight is 231 g/mol. The molecule has 0 aliphatic carbocycles. The minimum absolute atomic E-state index is 0.288. The Bertz CT molecular complexity index is 317. The number of hydrogen-bond acceptors (Lipinski definition) is 2. The van der Waals surface area contributed by atoms with Gasteiger partial charge in [-0.15, -0.1) is 11.6 Å². The van der Waals surface area contributed by atoms with Crippen LogP contribution < -0.4 is 4.90 Å². The molecule has 1 aromatic heterocycles. The molecule has 0 bridgehead atoms. The molecule has 1 rings (SSSR count). The number of nitrogens with zero attached hydrogens (tertiary/aromatic N) is 2. The van der Waals surface area contributed by atoms with Gasteiger partial charge in [-0.05, 0) is 12.5 Å². The Balaban J connectivity index is 2.82. The molecule has 0 fully saturated rings. The lowest BCUT2D eigenvalue weighted by molar-refractivity contribution is 0.618. The van der Waals surface area contributed by atoms with Crippen LogP contribution in [0.1, 0.15) is 25.3 Å². The Hall–Kier alpha value is -0.830. The average Bonchev–Trinajstić information content (AvgIpc) is 2.25. The van der Waals surface area contributed by atoms with Gasteiger partial charge in [0.1, 0.15) is 11.6 Å². The number of halogens is 2. The lowest BCUT2D eigenvalue weighted by Gasteiger charge is -2.20. The highest BCUT2D eigenvalue weighted by Crippen LogP contribution is 2.19. The third-order valence-electron chi connectivity index (χ3n) is 2.26. The topological polar surface area (TPSA) is 16.1 Å². The molecule has 2 nitrogen and oxygen atoms in total. The summed E-state index contributed by atoms with van der Waals surface area (Å²) in [6.07, 6.45) is 3.45. The van der Waals surface area contributed by atoms with E-state index in [0.717, 1.165) is 30.8 Å². The molecule has 0 N–H and O–H groups in total. The van der Waals surface area contributed by atoms with E-state index in [-0.39, 0.29) is 11.7 Å². The number of rotatable bonds is 5. The van der Waals surface area contributed by atoms with Crippen LogP contribution in [0.15, 0.2) is 12.3 Å². The molecule has 0 unspecified atom stereocenters. The molecule has 1 aromatic rings. The van der Waals surface area contributed by atoms with E-state index in [2.05, 4.69) is 11.9 Å². The number of alkyl halides is 1. The minimum atomic E-state index is -0.335. The van der Waals surface area contributed by atoms with Crippen molar-refractivity contribution in [2.75, 3.05) is 18.5 Å². The van der Waals surface area contributed by atoms with Crippen molar-refractivity contribution in [2.24, 2.45) is 0 Å². The molecule has 0 saturated heterocycles. The second-order valence-electron chi connectivity index (χ2n) is 3.55. The van der Waals surface area contributed by atoms with Gasteiger partial charge in [-0.1, -0.05) is 13.3 Å². The molecule has 84 valence electrons. The van der Waals surface area contributed by atoms with E-state index in [9.17, 15) is 4.39 Å². The fourth-order valence-electron chi connectivity index (χ4n) is 1.42. The summed E-state index contributed by atoms with van der Waals surface area (Å²) in [6.45, 7) is 3.05. The van der Waals surface area contributed by atoms with Crippen molar-refractivity contribution in [3.63, 3.8) is 0 Å². The zero-order chi connectivity index (χ0) is 11.3. The predicted octanol–water partition coefficient (Wildman–Crippen LogP) is 3.20. The number of unbranched alkanes of at least 4 members (excludes halogenated alkanes) is 1. The van der Waals surface area contributed by atoms with Crippen molar-refractivity contribution < 1.29 is 4.39 Å². The quantitative estimate of drug-likeness (QED) is 0.723. The molecule has 0 radical (unpaired) electrons. The van der Waals surface area contributed by atoms with Crippen LogP contribution in [0.3, 0.4) is 0 Å². The van der Waals surface area contributed by atoms with Crippen molar-refractivity contribution in [3.05, 3.63) is 23.6 Å². The summed E-state index contributed by atoms with van der Waals surface area (Å²) in [5.74, 6) is 0.731. The highest BCUT2D eigenvalue weighted by molar-refractivity contribution is 6.17. The first-order valence-electron chi connectivity index (χ1n) is 5.10. The van der Waals surface area contributed by atoms with Crippen LogP contribution >= 0.6 is 11.6 Å². The van der Waals surface area contributed by atoms with E-state index in [1.807, 2.05) is 11.9 Å². The molecule has 1 heterocycles. The largest absolute Gasteiger partial charge is 0.359 e. The summed E-state index contributed by atoms with van der Waals surface area (Å²) >= 11 is 5.75. The summed E-state index contributed by atoms with van der Waals surface area (Å²) in [5.41, 5.74) is 0.746. The lowest BCUT2D eigenvalue weighted by atomic mass is 10.2. The zero-order valence-electron chi connectivity index (χ0n) is 9.13. The maximum Gasteiger partial charge on any atom is 0.141 e. The smallest absolute Gasteiger partial charge is 0.141 e. The van der Waals surface area contributed by atoms with Crippen LogP contribution in [0.25, 0.3) is 0 Å². The van der Waals surface area contributed by atoms with Gasteiger partial charge in [-0.25, -0.2) is 9.37 Å². The highest BCUT2D eigenvalue weighted by Gasteiger charge is 2.09. The molecule has 0 atom stereocenters. The normalized spacial score (nSPS) is 10.4. The van der Waals surface area contributed by atoms with E-state index >= 15 is 0 Å². The second-order valence-corrected chi connectivity index (χ2v) is 3.81.